The van der Waals surface area contributed by atoms with Crippen LogP contribution in [0.25, 0.3) is 11.0 Å². The molecule has 1 aliphatic heterocycles. The van der Waals surface area contributed by atoms with Crippen LogP contribution in [0.5, 0.6) is 0 Å². The van der Waals surface area contributed by atoms with Crippen LogP contribution >= 0.6 is 0 Å². The fourth-order valence-corrected chi connectivity index (χ4v) is 3.92. The van der Waals surface area contributed by atoms with E-state index in [0.717, 1.165) is 29.6 Å². The van der Waals surface area contributed by atoms with Crippen LogP contribution in [0.15, 0.2) is 39.9 Å². The number of furan rings is 1. The van der Waals surface area contributed by atoms with Crippen molar-refractivity contribution in [3.8, 4) is 0 Å². The molecule has 4 heterocycles. The van der Waals surface area contributed by atoms with Gasteiger partial charge in [0.15, 0.2) is 5.82 Å². The highest BCUT2D eigenvalue weighted by Gasteiger charge is 2.35. The zero-order valence-corrected chi connectivity index (χ0v) is 15.5. The number of hydrogen-bond donors (Lipinski definition) is 0. The monoisotopic (exact) mass is 382 g/mol. The van der Waals surface area contributed by atoms with Crippen LogP contribution in [-0.4, -0.2) is 45.8 Å². The molecule has 0 bridgehead atoms. The topological polar surface area (TPSA) is 94.5 Å². The number of carbonyl (C=O) groups excluding carboxylic acids is 1. The second-order valence-electron chi connectivity index (χ2n) is 7.67. The predicted octanol–water partition coefficient (Wildman–Crippen LogP) is 3.60. The van der Waals surface area contributed by atoms with Crippen LogP contribution < -0.4 is 0 Å². The Bertz CT molecular complexity index is 909. The van der Waals surface area contributed by atoms with Crippen molar-refractivity contribution in [1.29, 1.82) is 0 Å². The Kier molecular flexibility index (Phi) is 4.46. The summed E-state index contributed by atoms with van der Waals surface area (Å²) in [4.78, 5) is 22.5. The van der Waals surface area contributed by atoms with Crippen LogP contribution in [0.4, 0.5) is 4.79 Å². The highest BCUT2D eigenvalue weighted by Crippen LogP contribution is 2.39. The van der Waals surface area contributed by atoms with E-state index < -0.39 is 0 Å². The lowest BCUT2D eigenvalue weighted by atomic mass is 9.82. The van der Waals surface area contributed by atoms with Crippen LogP contribution in [0.1, 0.15) is 43.2 Å². The number of nitrogens with zero attached hydrogens (tertiary/aromatic N) is 4. The molecular weight excluding hydrogens is 360 g/mol. The van der Waals surface area contributed by atoms with Gasteiger partial charge in [-0.15, -0.1) is 0 Å². The highest BCUT2D eigenvalue weighted by atomic mass is 16.6. The number of aromatic nitrogens is 3. The number of rotatable bonds is 5. The molecule has 1 saturated heterocycles. The Morgan fingerprint density at radius 1 is 1.29 bits per heavy atom. The van der Waals surface area contributed by atoms with Gasteiger partial charge in [-0.2, -0.15) is 4.98 Å². The van der Waals surface area contributed by atoms with E-state index in [-0.39, 0.29) is 17.9 Å². The average molecular weight is 382 g/mol. The van der Waals surface area contributed by atoms with E-state index in [0.29, 0.717) is 31.4 Å². The second-order valence-corrected chi connectivity index (χ2v) is 7.67. The lowest BCUT2D eigenvalue weighted by Crippen LogP contribution is -2.40. The Labute approximate surface area is 161 Å². The smallest absolute Gasteiger partial charge is 0.409 e. The zero-order chi connectivity index (χ0) is 18.9. The van der Waals surface area contributed by atoms with Gasteiger partial charge < -0.3 is 18.6 Å². The molecule has 8 heteroatoms. The minimum atomic E-state index is -0.198. The maximum atomic E-state index is 12.3. The quantitative estimate of drug-likeness (QED) is 0.665. The summed E-state index contributed by atoms with van der Waals surface area (Å²) < 4.78 is 16.5. The predicted molar refractivity (Wildman–Crippen MR) is 98.5 cm³/mol. The van der Waals surface area contributed by atoms with Gasteiger partial charge in [-0.3, -0.25) is 4.98 Å². The van der Waals surface area contributed by atoms with Gasteiger partial charge in [0.25, 0.3) is 0 Å². The van der Waals surface area contributed by atoms with Gasteiger partial charge in [0.05, 0.1) is 12.5 Å². The normalized spacial score (nSPS) is 19.1. The summed E-state index contributed by atoms with van der Waals surface area (Å²) in [6.07, 6.45) is 8.65. The summed E-state index contributed by atoms with van der Waals surface area (Å²) in [6.45, 7) is 1.87. The van der Waals surface area contributed by atoms with Crippen molar-refractivity contribution in [3.05, 3.63) is 42.5 Å². The Morgan fingerprint density at radius 3 is 2.86 bits per heavy atom. The van der Waals surface area contributed by atoms with Gasteiger partial charge in [-0.1, -0.05) is 5.16 Å². The Morgan fingerprint density at radius 2 is 2.14 bits per heavy atom. The van der Waals surface area contributed by atoms with Gasteiger partial charge in [-0.25, -0.2) is 4.79 Å². The summed E-state index contributed by atoms with van der Waals surface area (Å²) in [5, 5.41) is 5.03. The molecule has 0 N–H and O–H groups in total. The molecule has 146 valence electrons. The van der Waals surface area contributed by atoms with Crippen LogP contribution in [0.2, 0.25) is 0 Å². The van der Waals surface area contributed by atoms with Crippen molar-refractivity contribution in [3.63, 3.8) is 0 Å². The lowest BCUT2D eigenvalue weighted by Gasteiger charge is -2.33. The third-order valence-electron chi connectivity index (χ3n) is 5.71. The molecule has 1 saturated carbocycles. The summed E-state index contributed by atoms with van der Waals surface area (Å²) in [5.41, 5.74) is 0.791. The molecule has 0 aromatic carbocycles. The molecule has 8 nitrogen and oxygen atoms in total. The maximum absolute atomic E-state index is 12.3. The van der Waals surface area contributed by atoms with E-state index >= 15 is 0 Å². The van der Waals surface area contributed by atoms with Crippen molar-refractivity contribution in [2.75, 3.05) is 19.7 Å². The fraction of sp³-hybridized carbons (Fsp3) is 0.500. The SMILES string of the molecule is O=C(OCC1CC1)N1CCC(C(c2ncon2)c2cc3cnccc3o2)CC1. The first kappa shape index (κ1) is 17.2. The van der Waals surface area contributed by atoms with E-state index in [1.807, 2.05) is 12.1 Å². The van der Waals surface area contributed by atoms with Crippen LogP contribution in [0.3, 0.4) is 0 Å². The number of carbonyl (C=O) groups is 1. The minimum Gasteiger partial charge on any atom is -0.460 e. The van der Waals surface area contributed by atoms with Crippen molar-refractivity contribution in [2.45, 2.75) is 31.6 Å². The largest absolute Gasteiger partial charge is 0.460 e. The summed E-state index contributed by atoms with van der Waals surface area (Å²) in [6, 6.07) is 3.85. The van der Waals surface area contributed by atoms with E-state index in [1.54, 1.807) is 17.3 Å². The van der Waals surface area contributed by atoms with Gasteiger partial charge in [-0.05, 0) is 49.7 Å². The number of amides is 1. The summed E-state index contributed by atoms with van der Waals surface area (Å²) >= 11 is 0. The third-order valence-corrected chi connectivity index (χ3v) is 5.71. The van der Waals surface area contributed by atoms with Gasteiger partial charge in [0.1, 0.15) is 11.3 Å². The number of hydrogen-bond acceptors (Lipinski definition) is 7. The Hall–Kier alpha value is -2.90. The average Bonchev–Trinajstić information content (AvgIpc) is 3.22. The maximum Gasteiger partial charge on any atom is 0.409 e. The molecule has 0 radical (unpaired) electrons. The molecule has 5 rings (SSSR count). The molecule has 3 aromatic heterocycles. The molecule has 2 aliphatic rings. The van der Waals surface area contributed by atoms with Crippen LogP contribution in [-0.2, 0) is 4.74 Å². The Balaban J connectivity index is 1.32. The molecule has 3 aromatic rings. The third kappa shape index (κ3) is 3.46. The first-order valence-electron chi connectivity index (χ1n) is 9.79. The lowest BCUT2D eigenvalue weighted by molar-refractivity contribution is 0.0817. The van der Waals surface area contributed by atoms with Crippen molar-refractivity contribution in [1.82, 2.24) is 20.0 Å². The number of piperidine rings is 1. The molecule has 1 atom stereocenters. The van der Waals surface area contributed by atoms with E-state index in [9.17, 15) is 4.79 Å². The van der Waals surface area contributed by atoms with E-state index in [1.165, 1.54) is 19.2 Å². The van der Waals surface area contributed by atoms with Crippen molar-refractivity contribution in [2.24, 2.45) is 11.8 Å². The first-order chi connectivity index (χ1) is 13.8. The molecule has 0 spiro atoms. The molecule has 1 unspecified atom stereocenters. The summed E-state index contributed by atoms with van der Waals surface area (Å²) in [7, 11) is 0. The van der Waals surface area contributed by atoms with Gasteiger partial charge in [0, 0.05) is 30.9 Å². The van der Waals surface area contributed by atoms with E-state index in [2.05, 4.69) is 15.1 Å². The highest BCUT2D eigenvalue weighted by molar-refractivity contribution is 5.76. The fourth-order valence-electron chi connectivity index (χ4n) is 3.92. The molecular formula is C20H22N4O4. The van der Waals surface area contributed by atoms with Crippen molar-refractivity contribution < 1.29 is 18.5 Å². The zero-order valence-electron chi connectivity index (χ0n) is 15.5. The van der Waals surface area contributed by atoms with Crippen molar-refractivity contribution >= 4 is 17.1 Å². The standard InChI is InChI=1S/C20H22N4O4/c25-20(26-11-13-1-2-13)24-7-4-14(5-8-24)18(19-22-12-27-23-19)17-9-15-10-21-6-3-16(15)28-17/h3,6,9-10,12-14,18H,1-2,4-5,7-8,11H2. The van der Waals surface area contributed by atoms with E-state index in [4.69, 9.17) is 13.7 Å². The first-order valence-corrected chi connectivity index (χ1v) is 9.79. The number of pyridine rings is 1. The molecule has 1 amide bonds. The molecule has 2 fully saturated rings. The van der Waals surface area contributed by atoms with Gasteiger partial charge >= 0.3 is 6.09 Å². The summed E-state index contributed by atoms with van der Waals surface area (Å²) in [5.74, 6) is 2.13. The van der Waals surface area contributed by atoms with Crippen LogP contribution in [0, 0.1) is 11.8 Å². The molecule has 1 aliphatic carbocycles. The minimum absolute atomic E-state index is 0.115. The number of ether oxygens (including phenoxy) is 1. The number of fused-ring (bicyclic) bond motifs is 1. The second kappa shape index (κ2) is 7.26. The molecule has 28 heavy (non-hydrogen) atoms. The number of likely N-dealkylation sites (tertiary alicyclic amines) is 1. The van der Waals surface area contributed by atoms with Gasteiger partial charge in [0.2, 0.25) is 6.39 Å².